The van der Waals surface area contributed by atoms with Crippen molar-refractivity contribution in [3.63, 3.8) is 0 Å². The smallest absolute Gasteiger partial charge is 0.225 e. The van der Waals surface area contributed by atoms with Crippen molar-refractivity contribution in [3.8, 4) is 0 Å². The Balaban J connectivity index is 0.000000561. The fourth-order valence-electron chi connectivity index (χ4n) is 0.978. The molecule has 1 heterocycles. The number of hydrogen-bond acceptors (Lipinski definition) is 1. The predicted octanol–water partition coefficient (Wildman–Crippen LogP) is 1.68. The van der Waals surface area contributed by atoms with Crippen LogP contribution in [0.1, 0.15) is 25.0 Å². The molecule has 0 radical (unpaired) electrons. The van der Waals surface area contributed by atoms with Crippen molar-refractivity contribution in [3.05, 3.63) is 29.6 Å². The minimum Gasteiger partial charge on any atom is -0.275 e. The third-order valence-electron chi connectivity index (χ3n) is 1.33. The Hall–Kier alpha value is -1.05. The molecule has 0 spiro atoms. The van der Waals surface area contributed by atoms with E-state index in [0.29, 0.717) is 0 Å². The lowest BCUT2D eigenvalue weighted by Crippen LogP contribution is -2.40. The highest BCUT2D eigenvalue weighted by Crippen LogP contribution is 1.95. The molecule has 0 aromatic carbocycles. The first kappa shape index (κ1) is 11.0. The van der Waals surface area contributed by atoms with E-state index in [1.807, 2.05) is 40.1 Å². The molecule has 0 unspecified atom stereocenters. The molecular formula is C10H18NO+. The van der Waals surface area contributed by atoms with E-state index >= 15 is 0 Å². The van der Waals surface area contributed by atoms with Gasteiger partial charge in [-0.05, 0) is 19.9 Å². The highest BCUT2D eigenvalue weighted by molar-refractivity contribution is 5.11. The second-order valence-electron chi connectivity index (χ2n) is 2.43. The standard InChI is InChI=1S/C8H12NO.C2H6/c1-7-4-8(2)6-9(5-7)10-3;1-2/h4-6H,1-3H3;1-2H3/q+1;. The lowest BCUT2D eigenvalue weighted by atomic mass is 10.2. The van der Waals surface area contributed by atoms with Crippen molar-refractivity contribution in [2.45, 2.75) is 27.7 Å². The predicted molar refractivity (Wildman–Crippen MR) is 50.0 cm³/mol. The van der Waals surface area contributed by atoms with Crippen LogP contribution in [-0.4, -0.2) is 7.11 Å². The lowest BCUT2D eigenvalue weighted by Gasteiger charge is -1.93. The highest BCUT2D eigenvalue weighted by Gasteiger charge is 1.99. The van der Waals surface area contributed by atoms with Crippen molar-refractivity contribution >= 4 is 0 Å². The second kappa shape index (κ2) is 5.58. The molecule has 0 aliphatic rings. The van der Waals surface area contributed by atoms with Crippen molar-refractivity contribution in [1.82, 2.24) is 0 Å². The molecule has 1 rings (SSSR count). The summed E-state index contributed by atoms with van der Waals surface area (Å²) in [5, 5.41) is 0. The van der Waals surface area contributed by atoms with Gasteiger partial charge in [-0.15, -0.1) is 0 Å². The van der Waals surface area contributed by atoms with Crippen LogP contribution in [0.25, 0.3) is 0 Å². The van der Waals surface area contributed by atoms with Gasteiger partial charge in [-0.3, -0.25) is 4.84 Å². The first-order chi connectivity index (χ1) is 5.72. The number of aryl methyl sites for hydroxylation is 2. The average molecular weight is 168 g/mol. The van der Waals surface area contributed by atoms with Gasteiger partial charge >= 0.3 is 0 Å². The second-order valence-corrected chi connectivity index (χ2v) is 2.43. The molecular weight excluding hydrogens is 150 g/mol. The van der Waals surface area contributed by atoms with Crippen LogP contribution in [0.4, 0.5) is 0 Å². The van der Waals surface area contributed by atoms with Crippen LogP contribution in [0.5, 0.6) is 0 Å². The Labute approximate surface area is 74.8 Å². The van der Waals surface area contributed by atoms with Gasteiger partial charge in [0.15, 0.2) is 0 Å². The van der Waals surface area contributed by atoms with Crippen molar-refractivity contribution < 1.29 is 9.57 Å². The largest absolute Gasteiger partial charge is 0.275 e. The number of hydrogen-bond donors (Lipinski definition) is 0. The van der Waals surface area contributed by atoms with Crippen LogP contribution in [0.2, 0.25) is 0 Å². The van der Waals surface area contributed by atoms with E-state index in [-0.39, 0.29) is 0 Å². The molecule has 0 aliphatic carbocycles. The van der Waals surface area contributed by atoms with Gasteiger partial charge in [0.1, 0.15) is 7.11 Å². The number of rotatable bonds is 1. The van der Waals surface area contributed by atoms with Gasteiger partial charge in [0.05, 0.1) is 0 Å². The van der Waals surface area contributed by atoms with E-state index in [2.05, 4.69) is 6.07 Å². The van der Waals surface area contributed by atoms with Crippen LogP contribution in [0.3, 0.4) is 0 Å². The number of pyridine rings is 1. The minimum absolute atomic E-state index is 1.21. The first-order valence-electron chi connectivity index (χ1n) is 4.26. The molecule has 0 fully saturated rings. The molecule has 0 saturated heterocycles. The van der Waals surface area contributed by atoms with Crippen LogP contribution in [-0.2, 0) is 0 Å². The van der Waals surface area contributed by atoms with Gasteiger partial charge in [0, 0.05) is 15.9 Å². The maximum absolute atomic E-state index is 4.99. The number of aromatic nitrogens is 1. The summed E-state index contributed by atoms with van der Waals surface area (Å²) in [6.45, 7) is 8.09. The van der Waals surface area contributed by atoms with Crippen LogP contribution in [0, 0.1) is 13.8 Å². The van der Waals surface area contributed by atoms with Gasteiger partial charge in [-0.1, -0.05) is 13.8 Å². The lowest BCUT2D eigenvalue weighted by molar-refractivity contribution is -0.886. The molecule has 0 aliphatic heterocycles. The zero-order valence-electron chi connectivity index (χ0n) is 8.59. The number of nitrogens with zero attached hydrogens (tertiary/aromatic N) is 1. The molecule has 0 atom stereocenters. The van der Waals surface area contributed by atoms with E-state index in [1.54, 1.807) is 11.8 Å². The van der Waals surface area contributed by atoms with E-state index in [0.717, 1.165) is 0 Å². The third kappa shape index (κ3) is 3.37. The summed E-state index contributed by atoms with van der Waals surface area (Å²) in [4.78, 5) is 4.99. The Morgan fingerprint density at radius 1 is 1.08 bits per heavy atom. The topological polar surface area (TPSA) is 13.1 Å². The fourth-order valence-corrected chi connectivity index (χ4v) is 0.978. The molecule has 0 saturated carbocycles. The van der Waals surface area contributed by atoms with Gasteiger partial charge in [0.2, 0.25) is 12.4 Å². The SMILES string of the molecule is CC.CO[n+]1cc(C)cc(C)c1. The minimum atomic E-state index is 1.21. The molecule has 1 aromatic rings. The summed E-state index contributed by atoms with van der Waals surface area (Å²) < 4.78 is 1.70. The summed E-state index contributed by atoms with van der Waals surface area (Å²) in [7, 11) is 1.65. The molecule has 0 N–H and O–H groups in total. The maximum Gasteiger partial charge on any atom is 0.225 e. The van der Waals surface area contributed by atoms with E-state index in [9.17, 15) is 0 Å². The first-order valence-corrected chi connectivity index (χ1v) is 4.26. The Bertz CT molecular complexity index is 213. The maximum atomic E-state index is 4.99. The zero-order valence-corrected chi connectivity index (χ0v) is 8.59. The average Bonchev–Trinajstić information content (AvgIpc) is 2.06. The quantitative estimate of drug-likeness (QED) is 0.581. The molecule has 68 valence electrons. The molecule has 1 aromatic heterocycles. The monoisotopic (exact) mass is 168 g/mol. The fraction of sp³-hybridized carbons (Fsp3) is 0.500. The van der Waals surface area contributed by atoms with Gasteiger partial charge < -0.3 is 0 Å². The normalized spacial score (nSPS) is 8.42. The van der Waals surface area contributed by atoms with Crippen molar-refractivity contribution in [1.29, 1.82) is 0 Å². The van der Waals surface area contributed by atoms with Gasteiger partial charge in [0.25, 0.3) is 0 Å². The molecule has 0 bridgehead atoms. The zero-order chi connectivity index (χ0) is 9.56. The molecule has 2 heteroatoms. The van der Waals surface area contributed by atoms with Crippen molar-refractivity contribution in [2.24, 2.45) is 0 Å². The summed E-state index contributed by atoms with van der Waals surface area (Å²) in [6, 6.07) is 2.11. The van der Waals surface area contributed by atoms with Gasteiger partial charge in [-0.2, -0.15) is 0 Å². The summed E-state index contributed by atoms with van der Waals surface area (Å²) in [5.41, 5.74) is 2.42. The van der Waals surface area contributed by atoms with Crippen LogP contribution < -0.4 is 9.57 Å². The Morgan fingerprint density at radius 2 is 1.50 bits per heavy atom. The molecule has 0 amide bonds. The Morgan fingerprint density at radius 3 is 1.83 bits per heavy atom. The summed E-state index contributed by atoms with van der Waals surface area (Å²) in [5.74, 6) is 0. The Kier molecular flexibility index (Phi) is 5.09. The molecule has 2 nitrogen and oxygen atoms in total. The van der Waals surface area contributed by atoms with E-state index < -0.39 is 0 Å². The molecule has 12 heavy (non-hydrogen) atoms. The van der Waals surface area contributed by atoms with Gasteiger partial charge in [-0.25, -0.2) is 0 Å². The van der Waals surface area contributed by atoms with Crippen LogP contribution >= 0.6 is 0 Å². The summed E-state index contributed by atoms with van der Waals surface area (Å²) in [6.07, 6.45) is 3.88. The van der Waals surface area contributed by atoms with E-state index in [4.69, 9.17) is 4.84 Å². The van der Waals surface area contributed by atoms with Crippen LogP contribution in [0.15, 0.2) is 18.5 Å². The highest BCUT2D eigenvalue weighted by atomic mass is 16.6. The summed E-state index contributed by atoms with van der Waals surface area (Å²) >= 11 is 0. The van der Waals surface area contributed by atoms with E-state index in [1.165, 1.54) is 11.1 Å². The third-order valence-corrected chi connectivity index (χ3v) is 1.33. The van der Waals surface area contributed by atoms with Crippen molar-refractivity contribution in [2.75, 3.05) is 7.11 Å².